The minimum absolute atomic E-state index is 0.0492. The summed E-state index contributed by atoms with van der Waals surface area (Å²) in [6, 6.07) is 6.75. The lowest BCUT2D eigenvalue weighted by atomic mass is 9.95. The van der Waals surface area contributed by atoms with Gasteiger partial charge in [0, 0.05) is 6.42 Å². The van der Waals surface area contributed by atoms with Crippen LogP contribution in [-0.2, 0) is 14.3 Å². The first kappa shape index (κ1) is 15.3. The maximum Gasteiger partial charge on any atom is 0.354 e. The first-order valence-electron chi connectivity index (χ1n) is 6.43. The topological polar surface area (TPSA) is 79.2 Å². The molecule has 2 rings (SSSR count). The number of carbonyl (C=O) groups is 2. The monoisotopic (exact) mass is 310 g/mol. The van der Waals surface area contributed by atoms with Crippen LogP contribution in [0.3, 0.4) is 0 Å². The second kappa shape index (κ2) is 5.73. The van der Waals surface area contributed by atoms with Gasteiger partial charge in [-0.15, -0.1) is 0 Å². The summed E-state index contributed by atoms with van der Waals surface area (Å²) in [4.78, 5) is 23.4. The molecule has 1 atom stereocenters. The van der Waals surface area contributed by atoms with Crippen LogP contribution in [-0.4, -0.2) is 34.9 Å². The lowest BCUT2D eigenvalue weighted by Crippen LogP contribution is -2.47. The quantitative estimate of drug-likeness (QED) is 0.863. The number of hydrogen-bond acceptors (Lipinski definition) is 5. The molecule has 0 amide bonds. The standard InChI is InChI=1S/C14H15ClN2O4/c1-3-21-12(18)10-8-14(2,13(19)20)17(16-10)11-7-5-4-6-9(11)15/h4-7H,3,8H2,1-2H3,(H,19,20). The predicted octanol–water partition coefficient (Wildman–Crippen LogP) is 2.31. The Kier molecular flexibility index (Phi) is 4.18. The van der Waals surface area contributed by atoms with Gasteiger partial charge in [0.1, 0.15) is 5.71 Å². The third-order valence-electron chi connectivity index (χ3n) is 3.25. The molecule has 0 aliphatic carbocycles. The van der Waals surface area contributed by atoms with Crippen LogP contribution in [0.15, 0.2) is 29.4 Å². The number of para-hydroxylation sites is 1. The maximum absolute atomic E-state index is 11.8. The largest absolute Gasteiger partial charge is 0.479 e. The molecular formula is C14H15ClN2O4. The van der Waals surface area contributed by atoms with Gasteiger partial charge in [-0.25, -0.2) is 14.6 Å². The zero-order chi connectivity index (χ0) is 15.6. The molecule has 6 nitrogen and oxygen atoms in total. The fraction of sp³-hybridized carbons (Fsp3) is 0.357. The van der Waals surface area contributed by atoms with Crippen molar-refractivity contribution in [3.8, 4) is 0 Å². The molecule has 0 radical (unpaired) electrons. The molecule has 0 aromatic heterocycles. The Morgan fingerprint density at radius 3 is 2.71 bits per heavy atom. The van der Waals surface area contributed by atoms with Crippen molar-refractivity contribution in [1.82, 2.24) is 0 Å². The van der Waals surface area contributed by atoms with Crippen LogP contribution in [0, 0.1) is 0 Å². The minimum Gasteiger partial charge on any atom is -0.479 e. The van der Waals surface area contributed by atoms with Crippen LogP contribution in [0.25, 0.3) is 0 Å². The predicted molar refractivity (Wildman–Crippen MR) is 78.7 cm³/mol. The van der Waals surface area contributed by atoms with Gasteiger partial charge >= 0.3 is 11.9 Å². The number of ether oxygens (including phenoxy) is 1. The number of benzene rings is 1. The third kappa shape index (κ3) is 2.71. The van der Waals surface area contributed by atoms with E-state index in [-0.39, 0.29) is 18.7 Å². The van der Waals surface area contributed by atoms with Crippen molar-refractivity contribution in [2.45, 2.75) is 25.8 Å². The van der Waals surface area contributed by atoms with Crippen molar-refractivity contribution in [3.05, 3.63) is 29.3 Å². The molecule has 1 unspecified atom stereocenters. The van der Waals surface area contributed by atoms with E-state index in [0.29, 0.717) is 10.7 Å². The molecule has 21 heavy (non-hydrogen) atoms. The highest BCUT2D eigenvalue weighted by Crippen LogP contribution is 2.37. The van der Waals surface area contributed by atoms with Crippen molar-refractivity contribution in [2.24, 2.45) is 5.10 Å². The van der Waals surface area contributed by atoms with Crippen LogP contribution >= 0.6 is 11.6 Å². The summed E-state index contributed by atoms with van der Waals surface area (Å²) in [5, 5.41) is 15.3. The van der Waals surface area contributed by atoms with Crippen LogP contribution in [0.4, 0.5) is 5.69 Å². The van der Waals surface area contributed by atoms with Gasteiger partial charge in [0.15, 0.2) is 5.54 Å². The number of carboxylic acids is 1. The zero-order valence-electron chi connectivity index (χ0n) is 11.7. The Balaban J connectivity index is 2.46. The van der Waals surface area contributed by atoms with Crippen molar-refractivity contribution in [1.29, 1.82) is 0 Å². The molecule has 0 spiro atoms. The lowest BCUT2D eigenvalue weighted by molar-refractivity contribution is -0.142. The number of carboxylic acid groups (broad SMARTS) is 1. The van der Waals surface area contributed by atoms with Crippen molar-refractivity contribution in [3.63, 3.8) is 0 Å². The van der Waals surface area contributed by atoms with Gasteiger partial charge in [0.25, 0.3) is 0 Å². The number of halogens is 1. The number of hydrogen-bond donors (Lipinski definition) is 1. The average molecular weight is 311 g/mol. The van der Waals surface area contributed by atoms with E-state index < -0.39 is 17.5 Å². The van der Waals surface area contributed by atoms with Crippen molar-refractivity contribution in [2.75, 3.05) is 11.6 Å². The van der Waals surface area contributed by atoms with Gasteiger partial charge < -0.3 is 9.84 Å². The second-order valence-corrected chi connectivity index (χ2v) is 5.19. The van der Waals surface area contributed by atoms with Gasteiger partial charge in [-0.2, -0.15) is 5.10 Å². The van der Waals surface area contributed by atoms with Crippen molar-refractivity contribution >= 4 is 34.9 Å². The minimum atomic E-state index is -1.38. The fourth-order valence-corrected chi connectivity index (χ4v) is 2.32. The maximum atomic E-state index is 11.8. The van der Waals surface area contributed by atoms with Crippen LogP contribution in [0.5, 0.6) is 0 Å². The van der Waals surface area contributed by atoms with Gasteiger partial charge in [-0.3, -0.25) is 0 Å². The highest BCUT2D eigenvalue weighted by Gasteiger charge is 2.48. The second-order valence-electron chi connectivity index (χ2n) is 4.79. The number of esters is 1. The van der Waals surface area contributed by atoms with E-state index in [4.69, 9.17) is 16.3 Å². The fourth-order valence-electron chi connectivity index (χ4n) is 2.10. The number of carbonyl (C=O) groups excluding carboxylic acids is 1. The molecule has 1 aliphatic heterocycles. The summed E-state index contributed by atoms with van der Waals surface area (Å²) in [5.74, 6) is -1.70. The normalized spacial score (nSPS) is 21.1. The molecule has 0 saturated heterocycles. The molecular weight excluding hydrogens is 296 g/mol. The third-order valence-corrected chi connectivity index (χ3v) is 3.57. The van der Waals surface area contributed by atoms with Gasteiger partial charge in [0.05, 0.1) is 17.3 Å². The van der Waals surface area contributed by atoms with Gasteiger partial charge in [-0.1, -0.05) is 23.7 Å². The molecule has 0 saturated carbocycles. The first-order valence-corrected chi connectivity index (χ1v) is 6.80. The Bertz CT molecular complexity index is 617. The van der Waals surface area contributed by atoms with Crippen LogP contribution in [0.1, 0.15) is 20.3 Å². The molecule has 0 bridgehead atoms. The number of anilines is 1. The Labute approximate surface area is 127 Å². The first-order chi connectivity index (χ1) is 9.90. The molecule has 1 heterocycles. The summed E-state index contributed by atoms with van der Waals surface area (Å²) in [5.41, 5.74) is -0.877. The number of hydrazone groups is 1. The smallest absolute Gasteiger partial charge is 0.354 e. The molecule has 1 aromatic rings. The highest BCUT2D eigenvalue weighted by molar-refractivity contribution is 6.38. The molecule has 1 N–H and O–H groups in total. The molecule has 1 aliphatic rings. The summed E-state index contributed by atoms with van der Waals surface area (Å²) >= 11 is 6.10. The van der Waals surface area contributed by atoms with E-state index in [9.17, 15) is 14.7 Å². The lowest BCUT2D eigenvalue weighted by Gasteiger charge is -2.30. The summed E-state index contributed by atoms with van der Waals surface area (Å²) in [6.45, 7) is 3.37. The Morgan fingerprint density at radius 2 is 2.14 bits per heavy atom. The van der Waals surface area contributed by atoms with Crippen molar-refractivity contribution < 1.29 is 19.4 Å². The van der Waals surface area contributed by atoms with Gasteiger partial charge in [-0.05, 0) is 26.0 Å². The summed E-state index contributed by atoms with van der Waals surface area (Å²) < 4.78 is 4.89. The molecule has 1 aromatic carbocycles. The van der Waals surface area contributed by atoms with E-state index in [0.717, 1.165) is 0 Å². The Morgan fingerprint density at radius 1 is 1.48 bits per heavy atom. The number of nitrogens with zero attached hydrogens (tertiary/aromatic N) is 2. The van der Waals surface area contributed by atoms with Crippen LogP contribution < -0.4 is 5.01 Å². The molecule has 0 fully saturated rings. The molecule has 7 heteroatoms. The van der Waals surface area contributed by atoms with E-state index in [1.54, 1.807) is 31.2 Å². The van der Waals surface area contributed by atoms with Crippen LogP contribution in [0.2, 0.25) is 5.02 Å². The number of aliphatic carboxylic acids is 1. The van der Waals surface area contributed by atoms with E-state index in [2.05, 4.69) is 5.10 Å². The van der Waals surface area contributed by atoms with Gasteiger partial charge in [0.2, 0.25) is 0 Å². The average Bonchev–Trinajstić information content (AvgIpc) is 2.79. The zero-order valence-corrected chi connectivity index (χ0v) is 12.4. The number of rotatable bonds is 4. The highest BCUT2D eigenvalue weighted by atomic mass is 35.5. The molecule has 112 valence electrons. The van der Waals surface area contributed by atoms with E-state index in [1.807, 2.05) is 0 Å². The SMILES string of the molecule is CCOC(=O)C1=NN(c2ccccc2Cl)C(C)(C(=O)O)C1. The van der Waals surface area contributed by atoms with E-state index in [1.165, 1.54) is 11.9 Å². The summed E-state index contributed by atoms with van der Waals surface area (Å²) in [6.07, 6.45) is -0.0492. The summed E-state index contributed by atoms with van der Waals surface area (Å²) in [7, 11) is 0. The Hall–Kier alpha value is -2.08. The van der Waals surface area contributed by atoms with E-state index >= 15 is 0 Å².